The summed E-state index contributed by atoms with van der Waals surface area (Å²) in [6.07, 6.45) is 0. The van der Waals surface area contributed by atoms with E-state index in [1.165, 1.54) is 16.0 Å². The lowest BCUT2D eigenvalue weighted by Crippen LogP contribution is -2.04. The van der Waals surface area contributed by atoms with E-state index >= 15 is 0 Å². The summed E-state index contributed by atoms with van der Waals surface area (Å²) in [5, 5.41) is 14.7. The van der Waals surface area contributed by atoms with Gasteiger partial charge in [-0.25, -0.2) is 4.98 Å². The topological polar surface area (TPSA) is 57.9 Å². The van der Waals surface area contributed by atoms with Gasteiger partial charge in [0.15, 0.2) is 0 Å². The summed E-state index contributed by atoms with van der Waals surface area (Å²) in [6.45, 7) is 1.32. The smallest absolute Gasteiger partial charge is 0.144 e. The molecular weight excluding hydrogens is 302 g/mol. The maximum Gasteiger partial charge on any atom is 0.144 e. The minimum atomic E-state index is 0.630. The van der Waals surface area contributed by atoms with Crippen LogP contribution in [0.1, 0.15) is 27.3 Å². The van der Waals surface area contributed by atoms with E-state index in [0.29, 0.717) is 24.5 Å². The number of rotatable bonds is 5. The largest absolute Gasteiger partial charge is 0.380 e. The van der Waals surface area contributed by atoms with Gasteiger partial charge in [0.2, 0.25) is 0 Å². The molecule has 0 fully saturated rings. The Labute approximate surface area is 132 Å². The molecule has 1 N–H and O–H groups in total. The van der Waals surface area contributed by atoms with Crippen LogP contribution in [0.5, 0.6) is 0 Å². The van der Waals surface area contributed by atoms with Crippen LogP contribution in [0.2, 0.25) is 0 Å². The number of ether oxygens (including phenoxy) is 1. The van der Waals surface area contributed by atoms with Crippen LogP contribution in [0.4, 0.5) is 5.82 Å². The Morgan fingerprint density at radius 3 is 3.14 bits per heavy atom. The van der Waals surface area contributed by atoms with E-state index in [4.69, 9.17) is 4.74 Å². The number of aromatic nitrogens is 1. The van der Waals surface area contributed by atoms with Crippen LogP contribution >= 0.6 is 23.1 Å². The number of fused-ring (bicyclic) bond motifs is 1. The van der Waals surface area contributed by atoms with Crippen LogP contribution in [-0.2, 0) is 29.4 Å². The third kappa shape index (κ3) is 3.21. The van der Waals surface area contributed by atoms with E-state index in [1.54, 1.807) is 18.4 Å². The van der Waals surface area contributed by atoms with Gasteiger partial charge in [0.25, 0.3) is 0 Å². The van der Waals surface area contributed by atoms with Crippen LogP contribution in [-0.4, -0.2) is 12.1 Å². The van der Waals surface area contributed by atoms with Crippen LogP contribution in [0.15, 0.2) is 17.5 Å². The summed E-state index contributed by atoms with van der Waals surface area (Å²) in [4.78, 5) is 5.82. The average molecular weight is 317 g/mol. The van der Waals surface area contributed by atoms with Crippen molar-refractivity contribution in [2.24, 2.45) is 0 Å². The lowest BCUT2D eigenvalue weighted by atomic mass is 10.1. The molecule has 21 heavy (non-hydrogen) atoms. The van der Waals surface area contributed by atoms with Gasteiger partial charge in [0.05, 0.1) is 24.4 Å². The Kier molecular flexibility index (Phi) is 4.44. The highest BCUT2D eigenvalue weighted by atomic mass is 32.2. The van der Waals surface area contributed by atoms with Crippen molar-refractivity contribution in [2.45, 2.75) is 24.7 Å². The molecule has 0 radical (unpaired) electrons. The van der Waals surface area contributed by atoms with Gasteiger partial charge < -0.3 is 10.1 Å². The Balaban J connectivity index is 1.74. The molecule has 3 heterocycles. The van der Waals surface area contributed by atoms with E-state index in [0.717, 1.165) is 17.2 Å². The molecule has 0 atom stereocenters. The molecule has 0 aliphatic carbocycles. The predicted octanol–water partition coefficient (Wildman–Crippen LogP) is 3.52. The van der Waals surface area contributed by atoms with E-state index < -0.39 is 0 Å². The van der Waals surface area contributed by atoms with Gasteiger partial charge in [-0.3, -0.25) is 0 Å². The molecule has 1 aliphatic heterocycles. The highest BCUT2D eigenvalue weighted by Gasteiger charge is 2.16. The monoisotopic (exact) mass is 317 g/mol. The molecule has 0 saturated carbocycles. The summed E-state index contributed by atoms with van der Waals surface area (Å²) in [5.41, 5.74) is 4.11. The van der Waals surface area contributed by atoms with Crippen molar-refractivity contribution in [3.8, 4) is 6.07 Å². The van der Waals surface area contributed by atoms with E-state index in [1.807, 2.05) is 17.8 Å². The molecule has 2 aromatic heterocycles. The standard InChI is InChI=1S/C15H15N3OS2/c1-19-6-10-2-13(21-7-10)5-17-15-11(4-16)3-12-8-20-9-14(12)18-15/h2-3,7H,5-6,8-9H2,1H3,(H,17,18). The molecule has 1 aliphatic rings. The second-order valence-electron chi connectivity index (χ2n) is 4.80. The third-order valence-electron chi connectivity index (χ3n) is 3.26. The number of nitrogens with zero attached hydrogens (tertiary/aromatic N) is 2. The van der Waals surface area contributed by atoms with Crippen molar-refractivity contribution in [3.63, 3.8) is 0 Å². The highest BCUT2D eigenvalue weighted by molar-refractivity contribution is 7.98. The predicted molar refractivity (Wildman–Crippen MR) is 86.3 cm³/mol. The maximum atomic E-state index is 9.27. The number of thioether (sulfide) groups is 1. The molecule has 3 rings (SSSR count). The van der Waals surface area contributed by atoms with Gasteiger partial charge in [-0.05, 0) is 28.6 Å². The number of hydrogen-bond acceptors (Lipinski definition) is 6. The normalized spacial score (nSPS) is 13.0. The lowest BCUT2D eigenvalue weighted by Gasteiger charge is -2.08. The number of nitriles is 1. The fourth-order valence-electron chi connectivity index (χ4n) is 2.25. The number of hydrogen-bond donors (Lipinski definition) is 1. The fraction of sp³-hybridized carbons (Fsp3) is 0.333. The number of anilines is 1. The molecule has 4 nitrogen and oxygen atoms in total. The van der Waals surface area contributed by atoms with Gasteiger partial charge in [0.1, 0.15) is 11.9 Å². The molecule has 0 spiro atoms. The van der Waals surface area contributed by atoms with Crippen molar-refractivity contribution in [3.05, 3.63) is 44.8 Å². The number of pyridine rings is 1. The lowest BCUT2D eigenvalue weighted by molar-refractivity contribution is 0.185. The number of methoxy groups -OCH3 is 1. The number of thiophene rings is 1. The van der Waals surface area contributed by atoms with Crippen LogP contribution in [0.25, 0.3) is 0 Å². The van der Waals surface area contributed by atoms with Crippen molar-refractivity contribution in [2.75, 3.05) is 12.4 Å². The zero-order chi connectivity index (χ0) is 14.7. The van der Waals surface area contributed by atoms with Gasteiger partial charge in [-0.2, -0.15) is 17.0 Å². The molecule has 2 aromatic rings. The summed E-state index contributed by atoms with van der Waals surface area (Å²) in [7, 11) is 1.70. The first kappa shape index (κ1) is 14.4. The Bertz CT molecular complexity index is 691. The van der Waals surface area contributed by atoms with Gasteiger partial charge >= 0.3 is 0 Å². The van der Waals surface area contributed by atoms with E-state index in [2.05, 4.69) is 27.8 Å². The summed E-state index contributed by atoms with van der Waals surface area (Å²) >= 11 is 3.53. The van der Waals surface area contributed by atoms with E-state index in [9.17, 15) is 5.26 Å². The average Bonchev–Trinajstić information content (AvgIpc) is 3.12. The molecule has 0 amide bonds. The van der Waals surface area contributed by atoms with Crippen LogP contribution < -0.4 is 5.32 Å². The minimum absolute atomic E-state index is 0.630. The first-order chi connectivity index (χ1) is 10.3. The first-order valence-corrected chi connectivity index (χ1v) is 8.63. The van der Waals surface area contributed by atoms with Crippen molar-refractivity contribution < 1.29 is 4.74 Å². The second-order valence-corrected chi connectivity index (χ2v) is 6.78. The van der Waals surface area contributed by atoms with Crippen molar-refractivity contribution in [1.82, 2.24) is 4.98 Å². The van der Waals surface area contributed by atoms with Crippen LogP contribution in [0.3, 0.4) is 0 Å². The molecule has 0 bridgehead atoms. The molecule has 108 valence electrons. The van der Waals surface area contributed by atoms with E-state index in [-0.39, 0.29) is 0 Å². The van der Waals surface area contributed by atoms with Crippen molar-refractivity contribution in [1.29, 1.82) is 5.26 Å². The Hall–Kier alpha value is -1.55. The van der Waals surface area contributed by atoms with Gasteiger partial charge in [-0.1, -0.05) is 0 Å². The Morgan fingerprint density at radius 2 is 2.33 bits per heavy atom. The summed E-state index contributed by atoms with van der Waals surface area (Å²) < 4.78 is 5.12. The first-order valence-electron chi connectivity index (χ1n) is 6.60. The van der Waals surface area contributed by atoms with Crippen LogP contribution in [0, 0.1) is 11.3 Å². The Morgan fingerprint density at radius 1 is 1.43 bits per heavy atom. The SMILES string of the molecule is COCc1csc(CNc2nc3c(cc2C#N)CSC3)c1. The molecule has 0 saturated heterocycles. The van der Waals surface area contributed by atoms with Crippen molar-refractivity contribution >= 4 is 28.9 Å². The van der Waals surface area contributed by atoms with Gasteiger partial charge in [-0.15, -0.1) is 11.3 Å². The zero-order valence-electron chi connectivity index (χ0n) is 11.7. The highest BCUT2D eigenvalue weighted by Crippen LogP contribution is 2.31. The molecule has 0 aromatic carbocycles. The number of nitrogens with one attached hydrogen (secondary N) is 1. The zero-order valence-corrected chi connectivity index (χ0v) is 13.3. The quantitative estimate of drug-likeness (QED) is 0.914. The summed E-state index contributed by atoms with van der Waals surface area (Å²) in [5.74, 6) is 2.59. The summed E-state index contributed by atoms with van der Waals surface area (Å²) in [6, 6.07) is 6.33. The second kappa shape index (κ2) is 6.48. The molecule has 0 unspecified atom stereocenters. The maximum absolute atomic E-state index is 9.27. The minimum Gasteiger partial charge on any atom is -0.380 e. The van der Waals surface area contributed by atoms with Gasteiger partial charge in [0, 0.05) is 23.5 Å². The molecular formula is C15H15N3OS2. The third-order valence-corrected chi connectivity index (χ3v) is 5.24. The molecule has 6 heteroatoms. The fourth-order valence-corrected chi connectivity index (χ4v) is 4.08.